The van der Waals surface area contributed by atoms with Crippen LogP contribution in [0.5, 0.6) is 0 Å². The van der Waals surface area contributed by atoms with Gasteiger partial charge in [-0.25, -0.2) is 0 Å². The molecule has 0 bridgehead atoms. The smallest absolute Gasteiger partial charge is 0.0250 e. The lowest BCUT2D eigenvalue weighted by Crippen LogP contribution is -2.08. The van der Waals surface area contributed by atoms with Crippen molar-refractivity contribution in [3.63, 3.8) is 0 Å². The van der Waals surface area contributed by atoms with Gasteiger partial charge in [-0.05, 0) is 25.0 Å². The Bertz CT molecular complexity index is 448. The second kappa shape index (κ2) is 10.0. The first-order chi connectivity index (χ1) is 10.1. The lowest BCUT2D eigenvalue weighted by atomic mass is 9.93. The zero-order valence-electron chi connectivity index (χ0n) is 14.4. The van der Waals surface area contributed by atoms with Gasteiger partial charge in [-0.1, -0.05) is 71.7 Å². The van der Waals surface area contributed by atoms with E-state index in [1.54, 1.807) is 6.08 Å². The molecular weight excluding hydrogens is 254 g/mol. The molecule has 0 aromatic carbocycles. The summed E-state index contributed by atoms with van der Waals surface area (Å²) in [4.78, 5) is 2.17. The highest BCUT2D eigenvalue weighted by Crippen LogP contribution is 2.41. The van der Waals surface area contributed by atoms with E-state index in [-0.39, 0.29) is 0 Å². The molecule has 0 N–H and O–H groups in total. The summed E-state index contributed by atoms with van der Waals surface area (Å²) < 4.78 is 0. The maximum atomic E-state index is 4.25. The Balaban J connectivity index is 0.00000191. The van der Waals surface area contributed by atoms with Crippen LogP contribution in [-0.2, 0) is 0 Å². The van der Waals surface area contributed by atoms with Crippen LogP contribution in [0.3, 0.4) is 0 Å². The van der Waals surface area contributed by atoms with Crippen LogP contribution >= 0.6 is 0 Å². The minimum absolute atomic E-state index is 0.382. The summed E-state index contributed by atoms with van der Waals surface area (Å²) in [6, 6.07) is 0. The van der Waals surface area contributed by atoms with Crippen molar-refractivity contribution in [1.29, 1.82) is 0 Å². The summed E-state index contributed by atoms with van der Waals surface area (Å²) in [7, 11) is 0. The van der Waals surface area contributed by atoms with Gasteiger partial charge in [0.15, 0.2) is 0 Å². The van der Waals surface area contributed by atoms with Crippen LogP contribution in [0, 0.1) is 11.8 Å². The zero-order valence-corrected chi connectivity index (χ0v) is 14.4. The van der Waals surface area contributed by atoms with Gasteiger partial charge >= 0.3 is 0 Å². The minimum Gasteiger partial charge on any atom is -0.325 e. The first-order valence-electron chi connectivity index (χ1n) is 7.87. The molecule has 2 unspecified atom stereocenters. The fraction of sp³-hybridized carbons (Fsp3) is 0.400. The molecule has 116 valence electrons. The van der Waals surface area contributed by atoms with E-state index in [9.17, 15) is 0 Å². The zero-order chi connectivity index (χ0) is 16.4. The molecule has 1 nitrogen and oxygen atoms in total. The summed E-state index contributed by atoms with van der Waals surface area (Å²) in [5.41, 5.74) is 3.32. The van der Waals surface area contributed by atoms with Crippen molar-refractivity contribution >= 4 is 0 Å². The topological polar surface area (TPSA) is 3.24 Å². The molecule has 1 rings (SSSR count). The van der Waals surface area contributed by atoms with E-state index < -0.39 is 0 Å². The first kappa shape index (κ1) is 19.2. The van der Waals surface area contributed by atoms with Crippen LogP contribution in [-0.4, -0.2) is 4.90 Å². The molecule has 1 fully saturated rings. The average molecular weight is 285 g/mol. The highest BCUT2D eigenvalue weighted by Gasteiger charge is 2.34. The fourth-order valence-corrected chi connectivity index (χ4v) is 2.40. The molecule has 0 spiro atoms. The van der Waals surface area contributed by atoms with Crippen molar-refractivity contribution in [2.45, 2.75) is 41.0 Å². The van der Waals surface area contributed by atoms with E-state index in [2.05, 4.69) is 63.6 Å². The summed E-state index contributed by atoms with van der Waals surface area (Å²) in [5.74, 6) is 0.842. The van der Waals surface area contributed by atoms with Gasteiger partial charge in [0.2, 0.25) is 0 Å². The Kier molecular flexibility index (Phi) is 9.20. The molecule has 0 radical (unpaired) electrons. The van der Waals surface area contributed by atoms with E-state index in [1.807, 2.05) is 26.1 Å². The molecule has 1 saturated heterocycles. The number of rotatable bonds is 5. The second-order valence-electron chi connectivity index (χ2n) is 4.82. The highest BCUT2D eigenvalue weighted by atomic mass is 15.2. The van der Waals surface area contributed by atoms with Crippen LogP contribution in [0.4, 0.5) is 0 Å². The molecule has 0 aromatic heterocycles. The lowest BCUT2D eigenvalue weighted by Gasteiger charge is -2.17. The molecule has 1 aliphatic rings. The van der Waals surface area contributed by atoms with Gasteiger partial charge in [-0.15, -0.1) is 0 Å². The van der Waals surface area contributed by atoms with Gasteiger partial charge in [0.25, 0.3) is 0 Å². The van der Waals surface area contributed by atoms with E-state index in [4.69, 9.17) is 0 Å². The third-order valence-electron chi connectivity index (χ3n) is 3.55. The van der Waals surface area contributed by atoms with E-state index in [1.165, 1.54) is 5.70 Å². The van der Waals surface area contributed by atoms with Crippen molar-refractivity contribution in [2.75, 3.05) is 0 Å². The van der Waals surface area contributed by atoms with E-state index in [0.717, 1.165) is 17.7 Å². The van der Waals surface area contributed by atoms with Crippen molar-refractivity contribution in [1.82, 2.24) is 4.90 Å². The van der Waals surface area contributed by atoms with Crippen molar-refractivity contribution in [3.8, 4) is 0 Å². The Labute approximate surface area is 131 Å². The van der Waals surface area contributed by atoms with Crippen molar-refractivity contribution in [3.05, 3.63) is 73.3 Å². The Hall–Kier alpha value is -1.76. The number of allylic oxidation sites excluding steroid dienone is 7. The first-order valence-corrected chi connectivity index (χ1v) is 7.87. The van der Waals surface area contributed by atoms with Crippen LogP contribution < -0.4 is 0 Å². The molecule has 1 aliphatic heterocycles. The molecule has 2 atom stereocenters. The number of hydrogen-bond donors (Lipinski definition) is 0. The van der Waals surface area contributed by atoms with E-state index in [0.29, 0.717) is 11.8 Å². The fourth-order valence-electron chi connectivity index (χ4n) is 2.40. The summed E-state index contributed by atoms with van der Waals surface area (Å²) in [6.45, 7) is 22.4. The molecule has 1 heteroatoms. The Morgan fingerprint density at radius 2 is 1.95 bits per heavy atom. The number of nitrogens with zero attached hydrogens (tertiary/aromatic N) is 1. The standard InChI is InChI=1S/C18H25N.C2H6/c1-7-10-11-17-15(5)18(9-3)19(16(17)6)13-12-14(4)8-2;1-2/h8-13,15,17H,2,4,6-7H2,1,3,5H3;1-2H3/b11-10-,13-12+,18-9-;. The normalized spacial score (nSPS) is 23.8. The molecule has 21 heavy (non-hydrogen) atoms. The van der Waals surface area contributed by atoms with Gasteiger partial charge in [-0.2, -0.15) is 0 Å². The maximum absolute atomic E-state index is 4.25. The van der Waals surface area contributed by atoms with Gasteiger partial charge in [0.05, 0.1) is 0 Å². The third-order valence-corrected chi connectivity index (χ3v) is 3.55. The summed E-state index contributed by atoms with van der Waals surface area (Å²) >= 11 is 0. The number of likely N-dealkylation sites (tertiary alicyclic amines) is 1. The molecular formula is C20H31N. The molecule has 0 saturated carbocycles. The quantitative estimate of drug-likeness (QED) is 0.428. The van der Waals surface area contributed by atoms with Crippen LogP contribution in [0.25, 0.3) is 0 Å². The van der Waals surface area contributed by atoms with Crippen LogP contribution in [0.2, 0.25) is 0 Å². The van der Waals surface area contributed by atoms with Crippen LogP contribution in [0.1, 0.15) is 41.0 Å². The average Bonchev–Trinajstić information content (AvgIpc) is 2.74. The molecule has 0 aliphatic carbocycles. The molecule has 0 amide bonds. The predicted octanol–water partition coefficient (Wildman–Crippen LogP) is 6.22. The van der Waals surface area contributed by atoms with Crippen molar-refractivity contribution < 1.29 is 0 Å². The van der Waals surface area contributed by atoms with Gasteiger partial charge < -0.3 is 4.90 Å². The highest BCUT2D eigenvalue weighted by molar-refractivity contribution is 5.34. The number of hydrogen-bond acceptors (Lipinski definition) is 1. The summed E-state index contributed by atoms with van der Waals surface area (Å²) in [5, 5.41) is 0. The van der Waals surface area contributed by atoms with Crippen LogP contribution in [0.15, 0.2) is 73.3 Å². The van der Waals surface area contributed by atoms with E-state index >= 15 is 0 Å². The maximum Gasteiger partial charge on any atom is 0.0250 e. The van der Waals surface area contributed by atoms with Gasteiger partial charge in [0, 0.05) is 29.4 Å². The largest absolute Gasteiger partial charge is 0.325 e. The Morgan fingerprint density at radius 3 is 2.43 bits per heavy atom. The Morgan fingerprint density at radius 1 is 1.33 bits per heavy atom. The van der Waals surface area contributed by atoms with Crippen molar-refractivity contribution in [2.24, 2.45) is 11.8 Å². The summed E-state index contributed by atoms with van der Waals surface area (Å²) in [6.07, 6.45) is 13.5. The molecule has 0 aromatic rings. The van der Waals surface area contributed by atoms with Gasteiger partial charge in [-0.3, -0.25) is 0 Å². The molecule has 1 heterocycles. The predicted molar refractivity (Wildman–Crippen MR) is 96.6 cm³/mol. The third kappa shape index (κ3) is 4.93. The second-order valence-corrected chi connectivity index (χ2v) is 4.82. The minimum atomic E-state index is 0.382. The van der Waals surface area contributed by atoms with Gasteiger partial charge in [0.1, 0.15) is 0 Å². The monoisotopic (exact) mass is 285 g/mol. The SMILES string of the molecule is C=CC(=C)/C=C/N1C(=C)C(/C=C\CC)C(C)/C1=C/C.CC. The lowest BCUT2D eigenvalue weighted by molar-refractivity contribution is 0.590.